The zero-order valence-corrected chi connectivity index (χ0v) is 12.9. The number of anilines is 1. The van der Waals surface area contributed by atoms with Crippen LogP contribution in [0.3, 0.4) is 0 Å². The van der Waals surface area contributed by atoms with E-state index in [4.69, 9.17) is 0 Å². The van der Waals surface area contributed by atoms with Crippen molar-refractivity contribution in [2.45, 2.75) is 38.8 Å². The first kappa shape index (κ1) is 14.2. The summed E-state index contributed by atoms with van der Waals surface area (Å²) in [5.41, 5.74) is 0. The molecular weight excluding hydrogens is 290 g/mol. The van der Waals surface area contributed by atoms with E-state index in [1.807, 2.05) is 6.92 Å². The monoisotopic (exact) mass is 309 g/mol. The van der Waals surface area contributed by atoms with Gasteiger partial charge in [-0.2, -0.15) is 0 Å². The van der Waals surface area contributed by atoms with E-state index in [9.17, 15) is 9.59 Å². The van der Waals surface area contributed by atoms with Crippen LogP contribution in [0.25, 0.3) is 0 Å². The SMILES string of the molecule is CCNc1nnc(CN2CC(=O)N3CCCCC3C2=O)s1. The molecule has 8 heteroatoms. The maximum absolute atomic E-state index is 12.5. The van der Waals surface area contributed by atoms with Gasteiger partial charge in [0.25, 0.3) is 0 Å². The summed E-state index contributed by atoms with van der Waals surface area (Å²) in [6.07, 6.45) is 2.79. The molecule has 0 bridgehead atoms. The lowest BCUT2D eigenvalue weighted by molar-refractivity contribution is -0.158. The molecule has 21 heavy (non-hydrogen) atoms. The molecule has 3 heterocycles. The maximum Gasteiger partial charge on any atom is 0.246 e. The first-order valence-electron chi connectivity index (χ1n) is 7.33. The Morgan fingerprint density at radius 2 is 2.19 bits per heavy atom. The van der Waals surface area contributed by atoms with Crippen LogP contribution < -0.4 is 5.32 Å². The standard InChI is InChI=1S/C13H19N5O2S/c1-2-14-13-16-15-10(21-13)7-17-8-11(19)18-6-4-3-5-9(18)12(17)20/h9H,2-8H2,1H3,(H,14,16). The van der Waals surface area contributed by atoms with Crippen molar-refractivity contribution < 1.29 is 9.59 Å². The van der Waals surface area contributed by atoms with Gasteiger partial charge in [0, 0.05) is 13.1 Å². The Labute approximate surface area is 127 Å². The summed E-state index contributed by atoms with van der Waals surface area (Å²) in [6.45, 7) is 4.02. The minimum atomic E-state index is -0.263. The van der Waals surface area contributed by atoms with Crippen molar-refractivity contribution in [3.63, 3.8) is 0 Å². The van der Waals surface area contributed by atoms with E-state index in [1.54, 1.807) is 9.80 Å². The molecule has 2 fully saturated rings. The van der Waals surface area contributed by atoms with Gasteiger partial charge >= 0.3 is 0 Å². The first-order valence-corrected chi connectivity index (χ1v) is 8.15. The van der Waals surface area contributed by atoms with E-state index in [1.165, 1.54) is 11.3 Å². The van der Waals surface area contributed by atoms with Crippen LogP contribution >= 0.6 is 11.3 Å². The molecule has 3 rings (SSSR count). The number of amides is 2. The highest BCUT2D eigenvalue weighted by molar-refractivity contribution is 7.15. The lowest BCUT2D eigenvalue weighted by atomic mass is 9.98. The van der Waals surface area contributed by atoms with Crippen LogP contribution in [0.4, 0.5) is 5.13 Å². The third-order valence-electron chi connectivity index (χ3n) is 3.87. The number of hydrogen-bond donors (Lipinski definition) is 1. The van der Waals surface area contributed by atoms with Crippen LogP contribution in [0, 0.1) is 0 Å². The van der Waals surface area contributed by atoms with Crippen LogP contribution in [-0.4, -0.2) is 57.5 Å². The zero-order valence-electron chi connectivity index (χ0n) is 12.0. The minimum absolute atomic E-state index is 0.0505. The molecule has 0 aromatic carbocycles. The highest BCUT2D eigenvalue weighted by atomic mass is 32.1. The Hall–Kier alpha value is -1.70. The quantitative estimate of drug-likeness (QED) is 0.885. The molecule has 0 saturated carbocycles. The van der Waals surface area contributed by atoms with E-state index in [0.29, 0.717) is 13.1 Å². The summed E-state index contributed by atoms with van der Waals surface area (Å²) in [5.74, 6) is 0.102. The highest BCUT2D eigenvalue weighted by Gasteiger charge is 2.40. The summed E-state index contributed by atoms with van der Waals surface area (Å²) in [5, 5.41) is 12.7. The molecule has 2 aliphatic rings. The van der Waals surface area contributed by atoms with Crippen LogP contribution in [-0.2, 0) is 16.1 Å². The van der Waals surface area contributed by atoms with Gasteiger partial charge in [0.1, 0.15) is 17.6 Å². The van der Waals surface area contributed by atoms with Gasteiger partial charge in [0.05, 0.1) is 6.54 Å². The lowest BCUT2D eigenvalue weighted by Crippen LogP contribution is -2.60. The van der Waals surface area contributed by atoms with Crippen LogP contribution in [0.15, 0.2) is 0 Å². The second-order valence-corrected chi connectivity index (χ2v) is 6.39. The summed E-state index contributed by atoms with van der Waals surface area (Å²) in [7, 11) is 0. The molecule has 2 amide bonds. The zero-order chi connectivity index (χ0) is 14.8. The summed E-state index contributed by atoms with van der Waals surface area (Å²) < 4.78 is 0. The number of nitrogens with one attached hydrogen (secondary N) is 1. The molecule has 0 spiro atoms. The number of piperidine rings is 1. The lowest BCUT2D eigenvalue weighted by Gasteiger charge is -2.42. The number of fused-ring (bicyclic) bond motifs is 1. The topological polar surface area (TPSA) is 78.4 Å². The molecule has 2 saturated heterocycles. The summed E-state index contributed by atoms with van der Waals surface area (Å²) in [4.78, 5) is 28.0. The number of hydrogen-bond acceptors (Lipinski definition) is 6. The van der Waals surface area contributed by atoms with Gasteiger partial charge in [-0.25, -0.2) is 0 Å². The molecule has 1 aromatic heterocycles. The Morgan fingerprint density at radius 3 is 3.00 bits per heavy atom. The predicted molar refractivity (Wildman–Crippen MR) is 78.8 cm³/mol. The van der Waals surface area contributed by atoms with Gasteiger partial charge in [-0.1, -0.05) is 11.3 Å². The van der Waals surface area contributed by atoms with Gasteiger partial charge in [-0.05, 0) is 26.2 Å². The number of rotatable bonds is 4. The average Bonchev–Trinajstić information content (AvgIpc) is 2.92. The summed E-state index contributed by atoms with van der Waals surface area (Å²) in [6, 6.07) is -0.263. The van der Waals surface area contributed by atoms with Crippen molar-refractivity contribution in [2.75, 3.05) is 25.0 Å². The fourth-order valence-electron chi connectivity index (χ4n) is 2.87. The molecule has 2 aliphatic heterocycles. The number of piperazine rings is 1. The highest BCUT2D eigenvalue weighted by Crippen LogP contribution is 2.25. The van der Waals surface area contributed by atoms with Crippen LogP contribution in [0.1, 0.15) is 31.2 Å². The van der Waals surface area contributed by atoms with E-state index >= 15 is 0 Å². The van der Waals surface area contributed by atoms with Crippen LogP contribution in [0.5, 0.6) is 0 Å². The predicted octanol–water partition coefficient (Wildman–Crippen LogP) is 0.693. The molecule has 7 nitrogen and oxygen atoms in total. The molecule has 1 atom stereocenters. The van der Waals surface area contributed by atoms with Gasteiger partial charge < -0.3 is 15.1 Å². The Balaban J connectivity index is 1.70. The number of nitrogens with zero attached hydrogens (tertiary/aromatic N) is 4. The second-order valence-electron chi connectivity index (χ2n) is 5.32. The molecule has 1 unspecified atom stereocenters. The maximum atomic E-state index is 12.5. The third-order valence-corrected chi connectivity index (χ3v) is 4.73. The first-order chi connectivity index (χ1) is 10.2. The van der Waals surface area contributed by atoms with Crippen molar-refractivity contribution in [1.82, 2.24) is 20.0 Å². The van der Waals surface area contributed by atoms with Gasteiger partial charge in [0.2, 0.25) is 16.9 Å². The Morgan fingerprint density at radius 1 is 1.33 bits per heavy atom. The van der Waals surface area contributed by atoms with Crippen molar-refractivity contribution in [3.8, 4) is 0 Å². The minimum Gasteiger partial charge on any atom is -0.360 e. The molecule has 1 N–H and O–H groups in total. The number of carbonyl (C=O) groups excluding carboxylic acids is 2. The average molecular weight is 309 g/mol. The second kappa shape index (κ2) is 5.97. The van der Waals surface area contributed by atoms with Crippen molar-refractivity contribution in [2.24, 2.45) is 0 Å². The molecular formula is C13H19N5O2S. The summed E-state index contributed by atoms with van der Waals surface area (Å²) >= 11 is 1.43. The Kier molecular flexibility index (Phi) is 4.05. The van der Waals surface area contributed by atoms with E-state index in [-0.39, 0.29) is 24.4 Å². The molecule has 114 valence electrons. The van der Waals surface area contributed by atoms with E-state index < -0.39 is 0 Å². The van der Waals surface area contributed by atoms with Gasteiger partial charge in [-0.15, -0.1) is 10.2 Å². The van der Waals surface area contributed by atoms with Crippen molar-refractivity contribution in [1.29, 1.82) is 0 Å². The third kappa shape index (κ3) is 2.85. The van der Waals surface area contributed by atoms with Gasteiger partial charge in [-0.3, -0.25) is 9.59 Å². The fraction of sp³-hybridized carbons (Fsp3) is 0.692. The Bertz CT molecular complexity index is 546. The fourth-order valence-corrected chi connectivity index (χ4v) is 3.69. The molecule has 1 aromatic rings. The van der Waals surface area contributed by atoms with Gasteiger partial charge in [0.15, 0.2) is 0 Å². The normalized spacial score (nSPS) is 22.4. The molecule has 0 radical (unpaired) electrons. The van der Waals surface area contributed by atoms with E-state index in [0.717, 1.165) is 35.9 Å². The largest absolute Gasteiger partial charge is 0.360 e. The van der Waals surface area contributed by atoms with Crippen LogP contribution in [0.2, 0.25) is 0 Å². The number of carbonyl (C=O) groups is 2. The van der Waals surface area contributed by atoms with E-state index in [2.05, 4.69) is 15.5 Å². The van der Waals surface area contributed by atoms with Crippen molar-refractivity contribution in [3.05, 3.63) is 5.01 Å². The smallest absolute Gasteiger partial charge is 0.246 e. The number of aromatic nitrogens is 2. The van der Waals surface area contributed by atoms with Crippen molar-refractivity contribution >= 4 is 28.3 Å². The molecule has 0 aliphatic carbocycles.